The summed E-state index contributed by atoms with van der Waals surface area (Å²) < 4.78 is 13.0. The predicted molar refractivity (Wildman–Crippen MR) is 59.4 cm³/mol. The van der Waals surface area contributed by atoms with Crippen LogP contribution in [-0.2, 0) is 0 Å². The van der Waals surface area contributed by atoms with Crippen LogP contribution in [0.4, 0.5) is 10.1 Å². The van der Waals surface area contributed by atoms with Gasteiger partial charge in [0.05, 0.1) is 0 Å². The molecule has 0 amide bonds. The summed E-state index contributed by atoms with van der Waals surface area (Å²) in [5, 5.41) is 0. The summed E-state index contributed by atoms with van der Waals surface area (Å²) in [4.78, 5) is 5.83. The zero-order valence-electron chi connectivity index (χ0n) is 9.28. The fraction of sp³-hybridized carbons (Fsp3) is 0.583. The van der Waals surface area contributed by atoms with Gasteiger partial charge in [-0.2, -0.15) is 4.39 Å². The Hall–Kier alpha value is -1.12. The molecule has 0 N–H and O–H groups in total. The highest BCUT2D eigenvalue weighted by Crippen LogP contribution is 2.25. The Morgan fingerprint density at radius 3 is 2.60 bits per heavy atom. The molecule has 1 aromatic rings. The maximum absolute atomic E-state index is 13.0. The van der Waals surface area contributed by atoms with Crippen LogP contribution in [0.2, 0.25) is 0 Å². The fourth-order valence-electron chi connectivity index (χ4n) is 2.46. The van der Waals surface area contributed by atoms with Gasteiger partial charge in [0.1, 0.15) is 0 Å². The standard InChI is InChI=1S/C12H17FN2/c1-9-5-10(2)8-15(7-9)11-3-4-14-12(13)6-11/h3-4,6,9-10H,5,7-8H2,1-2H3/t9-,10+. The highest BCUT2D eigenvalue weighted by molar-refractivity contribution is 5.45. The molecule has 2 nitrogen and oxygen atoms in total. The summed E-state index contributed by atoms with van der Waals surface area (Å²) in [5.74, 6) is 0.980. The van der Waals surface area contributed by atoms with Crippen LogP contribution in [0.5, 0.6) is 0 Å². The van der Waals surface area contributed by atoms with Crippen LogP contribution in [0.1, 0.15) is 20.3 Å². The van der Waals surface area contributed by atoms with Crippen LogP contribution in [0.25, 0.3) is 0 Å². The lowest BCUT2D eigenvalue weighted by Crippen LogP contribution is -2.38. The summed E-state index contributed by atoms with van der Waals surface area (Å²) in [6.07, 6.45) is 2.80. The van der Waals surface area contributed by atoms with Crippen molar-refractivity contribution < 1.29 is 4.39 Å². The third-order valence-electron chi connectivity index (χ3n) is 2.94. The Bertz CT molecular complexity index is 330. The van der Waals surface area contributed by atoms with Crippen molar-refractivity contribution in [2.24, 2.45) is 11.8 Å². The van der Waals surface area contributed by atoms with Crippen molar-refractivity contribution in [3.63, 3.8) is 0 Å². The molecule has 2 atom stereocenters. The second kappa shape index (κ2) is 4.17. The van der Waals surface area contributed by atoms with Gasteiger partial charge in [-0.3, -0.25) is 0 Å². The molecule has 1 aliphatic rings. The van der Waals surface area contributed by atoms with Gasteiger partial charge in [-0.05, 0) is 24.3 Å². The van der Waals surface area contributed by atoms with E-state index in [1.165, 1.54) is 18.7 Å². The number of hydrogen-bond acceptors (Lipinski definition) is 2. The van der Waals surface area contributed by atoms with E-state index in [4.69, 9.17) is 0 Å². The van der Waals surface area contributed by atoms with Crippen LogP contribution in [0, 0.1) is 17.8 Å². The number of aromatic nitrogens is 1. The second-order valence-corrected chi connectivity index (χ2v) is 4.69. The van der Waals surface area contributed by atoms with E-state index in [0.717, 1.165) is 18.8 Å². The van der Waals surface area contributed by atoms with Gasteiger partial charge in [0.2, 0.25) is 5.95 Å². The molecule has 0 bridgehead atoms. The van der Waals surface area contributed by atoms with Crippen molar-refractivity contribution >= 4 is 5.69 Å². The summed E-state index contributed by atoms with van der Waals surface area (Å²) in [6, 6.07) is 3.40. The van der Waals surface area contributed by atoms with E-state index < -0.39 is 5.95 Å². The fourth-order valence-corrected chi connectivity index (χ4v) is 2.46. The Morgan fingerprint density at radius 2 is 2.00 bits per heavy atom. The molecule has 2 heterocycles. The molecular formula is C12H17FN2. The molecule has 0 spiro atoms. The molecule has 0 saturated carbocycles. The molecule has 0 aliphatic carbocycles. The molecule has 3 heteroatoms. The molecular weight excluding hydrogens is 191 g/mol. The Balaban J connectivity index is 2.16. The zero-order chi connectivity index (χ0) is 10.8. The first kappa shape index (κ1) is 10.4. The third-order valence-corrected chi connectivity index (χ3v) is 2.94. The lowest BCUT2D eigenvalue weighted by molar-refractivity contribution is 0.356. The van der Waals surface area contributed by atoms with Crippen molar-refractivity contribution in [3.8, 4) is 0 Å². The Morgan fingerprint density at radius 1 is 1.33 bits per heavy atom. The van der Waals surface area contributed by atoms with Gasteiger partial charge in [0, 0.05) is 31.0 Å². The van der Waals surface area contributed by atoms with Crippen molar-refractivity contribution in [3.05, 3.63) is 24.3 Å². The minimum atomic E-state index is -0.390. The van der Waals surface area contributed by atoms with Crippen molar-refractivity contribution in [1.29, 1.82) is 0 Å². The number of pyridine rings is 1. The first-order valence-corrected chi connectivity index (χ1v) is 5.51. The van der Waals surface area contributed by atoms with Crippen LogP contribution in [0.3, 0.4) is 0 Å². The van der Waals surface area contributed by atoms with Gasteiger partial charge >= 0.3 is 0 Å². The number of piperidine rings is 1. The summed E-state index contributed by atoms with van der Waals surface area (Å²) >= 11 is 0. The number of hydrogen-bond donors (Lipinski definition) is 0. The molecule has 1 aliphatic heterocycles. The summed E-state index contributed by atoms with van der Waals surface area (Å²) in [6.45, 7) is 6.54. The molecule has 1 saturated heterocycles. The molecule has 0 aromatic carbocycles. The van der Waals surface area contributed by atoms with Gasteiger partial charge in [-0.1, -0.05) is 13.8 Å². The van der Waals surface area contributed by atoms with E-state index >= 15 is 0 Å². The number of nitrogens with zero attached hydrogens (tertiary/aromatic N) is 2. The average molecular weight is 208 g/mol. The molecule has 15 heavy (non-hydrogen) atoms. The Labute approximate surface area is 90.1 Å². The van der Waals surface area contributed by atoms with E-state index in [2.05, 4.69) is 23.7 Å². The van der Waals surface area contributed by atoms with Crippen molar-refractivity contribution in [2.75, 3.05) is 18.0 Å². The van der Waals surface area contributed by atoms with Crippen molar-refractivity contribution in [1.82, 2.24) is 4.98 Å². The summed E-state index contributed by atoms with van der Waals surface area (Å²) in [5.41, 5.74) is 0.959. The SMILES string of the molecule is C[C@@H]1C[C@H](C)CN(c2ccnc(F)c2)C1. The minimum absolute atomic E-state index is 0.390. The molecule has 0 unspecified atom stereocenters. The second-order valence-electron chi connectivity index (χ2n) is 4.69. The third kappa shape index (κ3) is 2.46. The largest absolute Gasteiger partial charge is 0.371 e. The van der Waals surface area contributed by atoms with Crippen LogP contribution in [0.15, 0.2) is 18.3 Å². The van der Waals surface area contributed by atoms with Crippen LogP contribution >= 0.6 is 0 Å². The minimum Gasteiger partial charge on any atom is -0.371 e. The monoisotopic (exact) mass is 208 g/mol. The number of rotatable bonds is 1. The van der Waals surface area contributed by atoms with Gasteiger partial charge < -0.3 is 4.90 Å². The first-order valence-electron chi connectivity index (χ1n) is 5.51. The molecule has 1 aromatic heterocycles. The smallest absolute Gasteiger partial charge is 0.214 e. The van der Waals surface area contributed by atoms with Gasteiger partial charge in [-0.15, -0.1) is 0 Å². The van der Waals surface area contributed by atoms with E-state index in [0.29, 0.717) is 11.8 Å². The molecule has 2 rings (SSSR count). The highest BCUT2D eigenvalue weighted by atomic mass is 19.1. The quantitative estimate of drug-likeness (QED) is 0.660. The Kier molecular flexibility index (Phi) is 2.89. The maximum atomic E-state index is 13.0. The molecule has 1 fully saturated rings. The summed E-state index contributed by atoms with van der Waals surface area (Å²) in [7, 11) is 0. The first-order chi connectivity index (χ1) is 7.15. The number of halogens is 1. The maximum Gasteiger partial charge on any atom is 0.214 e. The van der Waals surface area contributed by atoms with Gasteiger partial charge in [-0.25, -0.2) is 4.98 Å². The van der Waals surface area contributed by atoms with Crippen LogP contribution in [-0.4, -0.2) is 18.1 Å². The van der Waals surface area contributed by atoms with E-state index in [1.54, 1.807) is 0 Å². The lowest BCUT2D eigenvalue weighted by Gasteiger charge is -2.36. The van der Waals surface area contributed by atoms with Crippen molar-refractivity contribution in [2.45, 2.75) is 20.3 Å². The van der Waals surface area contributed by atoms with E-state index in [9.17, 15) is 4.39 Å². The van der Waals surface area contributed by atoms with Gasteiger partial charge in [0.25, 0.3) is 0 Å². The van der Waals surface area contributed by atoms with E-state index in [1.807, 2.05) is 6.07 Å². The highest BCUT2D eigenvalue weighted by Gasteiger charge is 2.22. The van der Waals surface area contributed by atoms with Crippen LogP contribution < -0.4 is 4.90 Å². The normalized spacial score (nSPS) is 26.7. The lowest BCUT2D eigenvalue weighted by atomic mass is 9.91. The number of anilines is 1. The molecule has 0 radical (unpaired) electrons. The predicted octanol–water partition coefficient (Wildman–Crippen LogP) is 2.70. The average Bonchev–Trinajstić information content (AvgIpc) is 2.16. The van der Waals surface area contributed by atoms with Gasteiger partial charge in [0.15, 0.2) is 0 Å². The zero-order valence-corrected chi connectivity index (χ0v) is 9.28. The topological polar surface area (TPSA) is 16.1 Å². The van der Waals surface area contributed by atoms with E-state index in [-0.39, 0.29) is 0 Å². The molecule has 82 valence electrons.